The molecule has 0 amide bonds. The molecule has 1 aromatic rings. The zero-order valence-electron chi connectivity index (χ0n) is 8.58. The molecule has 0 saturated heterocycles. The van der Waals surface area contributed by atoms with Crippen molar-refractivity contribution in [1.29, 1.82) is 0 Å². The molecule has 3 nitrogen and oxygen atoms in total. The maximum atomic E-state index is 5.77. The third-order valence-corrected chi connectivity index (χ3v) is 2.88. The van der Waals surface area contributed by atoms with E-state index < -0.39 is 0 Å². The zero-order valence-corrected chi connectivity index (χ0v) is 9.33. The van der Waals surface area contributed by atoms with E-state index in [9.17, 15) is 0 Å². The van der Waals surface area contributed by atoms with E-state index in [-0.39, 0.29) is 6.10 Å². The SMILES string of the molecule is Nc1cc(Cl)cnc1OC1CCCCC1. The predicted octanol–water partition coefficient (Wildman–Crippen LogP) is 3.03. The topological polar surface area (TPSA) is 48.1 Å². The molecule has 1 aliphatic rings. The third-order valence-electron chi connectivity index (χ3n) is 2.68. The van der Waals surface area contributed by atoms with Crippen molar-refractivity contribution in [2.45, 2.75) is 38.2 Å². The molecule has 0 unspecified atom stereocenters. The number of hydrogen-bond acceptors (Lipinski definition) is 3. The number of nitrogens with zero attached hydrogens (tertiary/aromatic N) is 1. The van der Waals surface area contributed by atoms with Crippen LogP contribution in [-0.4, -0.2) is 11.1 Å². The number of hydrogen-bond donors (Lipinski definition) is 1. The summed E-state index contributed by atoms with van der Waals surface area (Å²) in [6.07, 6.45) is 7.82. The van der Waals surface area contributed by atoms with E-state index in [4.69, 9.17) is 22.1 Å². The van der Waals surface area contributed by atoms with E-state index in [1.54, 1.807) is 12.3 Å². The summed E-state index contributed by atoms with van der Waals surface area (Å²) >= 11 is 5.76. The summed E-state index contributed by atoms with van der Waals surface area (Å²) < 4.78 is 5.75. The lowest BCUT2D eigenvalue weighted by Crippen LogP contribution is -2.20. The summed E-state index contributed by atoms with van der Waals surface area (Å²) in [6, 6.07) is 1.67. The third kappa shape index (κ3) is 2.75. The van der Waals surface area contributed by atoms with Gasteiger partial charge in [-0.05, 0) is 31.7 Å². The first-order valence-electron chi connectivity index (χ1n) is 5.33. The van der Waals surface area contributed by atoms with Crippen molar-refractivity contribution in [3.05, 3.63) is 17.3 Å². The number of aromatic nitrogens is 1. The lowest BCUT2D eigenvalue weighted by Gasteiger charge is -2.22. The lowest BCUT2D eigenvalue weighted by molar-refractivity contribution is 0.150. The van der Waals surface area contributed by atoms with Crippen LogP contribution in [0.4, 0.5) is 5.69 Å². The number of anilines is 1. The monoisotopic (exact) mass is 226 g/mol. The molecule has 0 radical (unpaired) electrons. The molecular formula is C11H15ClN2O. The molecule has 0 atom stereocenters. The van der Waals surface area contributed by atoms with Crippen molar-refractivity contribution < 1.29 is 4.74 Å². The summed E-state index contributed by atoms with van der Waals surface area (Å²) in [5.74, 6) is 0.520. The Kier molecular flexibility index (Phi) is 3.31. The summed E-state index contributed by atoms with van der Waals surface area (Å²) in [6.45, 7) is 0. The number of nitrogens with two attached hydrogens (primary N) is 1. The number of nitrogen functional groups attached to an aromatic ring is 1. The molecule has 0 spiro atoms. The Morgan fingerprint density at radius 2 is 2.07 bits per heavy atom. The Morgan fingerprint density at radius 3 is 2.73 bits per heavy atom. The Labute approximate surface area is 94.6 Å². The first-order valence-corrected chi connectivity index (χ1v) is 5.71. The number of halogens is 1. The number of rotatable bonds is 2. The van der Waals surface area contributed by atoms with Crippen LogP contribution in [0.15, 0.2) is 12.3 Å². The van der Waals surface area contributed by atoms with E-state index in [0.29, 0.717) is 16.6 Å². The van der Waals surface area contributed by atoms with E-state index in [2.05, 4.69) is 4.98 Å². The van der Waals surface area contributed by atoms with Gasteiger partial charge in [-0.2, -0.15) is 0 Å². The second kappa shape index (κ2) is 4.71. The van der Waals surface area contributed by atoms with Crippen molar-refractivity contribution >= 4 is 17.3 Å². The van der Waals surface area contributed by atoms with E-state index in [1.807, 2.05) is 0 Å². The highest BCUT2D eigenvalue weighted by Gasteiger charge is 2.16. The molecule has 0 aliphatic heterocycles. The van der Waals surface area contributed by atoms with Gasteiger partial charge >= 0.3 is 0 Å². The standard InChI is InChI=1S/C11H15ClN2O/c12-8-6-10(13)11(14-7-8)15-9-4-2-1-3-5-9/h6-7,9H,1-5,13H2. The molecule has 0 aromatic carbocycles. The van der Waals surface area contributed by atoms with Gasteiger partial charge in [0.1, 0.15) is 6.10 Å². The maximum Gasteiger partial charge on any atom is 0.237 e. The van der Waals surface area contributed by atoms with Crippen LogP contribution in [0.5, 0.6) is 5.88 Å². The number of ether oxygens (including phenoxy) is 1. The first-order chi connectivity index (χ1) is 7.25. The molecule has 1 fully saturated rings. The Hall–Kier alpha value is -0.960. The van der Waals surface area contributed by atoms with Gasteiger partial charge in [0.15, 0.2) is 0 Å². The van der Waals surface area contributed by atoms with Crippen molar-refractivity contribution in [2.24, 2.45) is 0 Å². The van der Waals surface area contributed by atoms with Crippen molar-refractivity contribution in [3.8, 4) is 5.88 Å². The van der Waals surface area contributed by atoms with Crippen molar-refractivity contribution in [2.75, 3.05) is 5.73 Å². The van der Waals surface area contributed by atoms with Crippen LogP contribution >= 0.6 is 11.6 Å². The molecule has 15 heavy (non-hydrogen) atoms. The molecule has 0 bridgehead atoms. The van der Waals surface area contributed by atoms with Crippen LogP contribution in [0, 0.1) is 0 Å². The van der Waals surface area contributed by atoms with Gasteiger partial charge in [0, 0.05) is 6.20 Å². The van der Waals surface area contributed by atoms with Gasteiger partial charge in [0.2, 0.25) is 5.88 Å². The molecule has 82 valence electrons. The minimum absolute atomic E-state index is 0.273. The van der Waals surface area contributed by atoms with Crippen LogP contribution in [0.2, 0.25) is 5.02 Å². The summed E-state index contributed by atoms with van der Waals surface area (Å²) in [5, 5.41) is 0.545. The van der Waals surface area contributed by atoms with E-state index >= 15 is 0 Å². The first kappa shape index (κ1) is 10.6. The van der Waals surface area contributed by atoms with Gasteiger partial charge in [0.05, 0.1) is 10.7 Å². The zero-order chi connectivity index (χ0) is 10.7. The summed E-state index contributed by atoms with van der Waals surface area (Å²) in [7, 11) is 0. The highest BCUT2D eigenvalue weighted by atomic mass is 35.5. The Balaban J connectivity index is 2.03. The van der Waals surface area contributed by atoms with Gasteiger partial charge in [-0.1, -0.05) is 18.0 Å². The number of pyridine rings is 1. The summed E-state index contributed by atoms with van der Waals surface area (Å²) in [5.41, 5.74) is 6.29. The largest absolute Gasteiger partial charge is 0.473 e. The highest BCUT2D eigenvalue weighted by molar-refractivity contribution is 6.30. The van der Waals surface area contributed by atoms with Crippen molar-refractivity contribution in [3.63, 3.8) is 0 Å². The highest BCUT2D eigenvalue weighted by Crippen LogP contribution is 2.27. The maximum absolute atomic E-state index is 5.77. The minimum Gasteiger partial charge on any atom is -0.473 e. The molecule has 1 aromatic heterocycles. The van der Waals surface area contributed by atoms with Gasteiger partial charge in [-0.15, -0.1) is 0 Å². The average Bonchev–Trinajstić information content (AvgIpc) is 2.24. The Bertz CT molecular complexity index is 337. The van der Waals surface area contributed by atoms with Crippen molar-refractivity contribution in [1.82, 2.24) is 4.98 Å². The fraction of sp³-hybridized carbons (Fsp3) is 0.545. The quantitative estimate of drug-likeness (QED) is 0.843. The van der Waals surface area contributed by atoms with Crippen LogP contribution in [0.25, 0.3) is 0 Å². The smallest absolute Gasteiger partial charge is 0.237 e. The minimum atomic E-state index is 0.273. The van der Waals surface area contributed by atoms with E-state index in [0.717, 1.165) is 12.8 Å². The van der Waals surface area contributed by atoms with Crippen LogP contribution in [-0.2, 0) is 0 Å². The molecule has 2 N–H and O–H groups in total. The second-order valence-corrected chi connectivity index (χ2v) is 4.36. The molecular weight excluding hydrogens is 212 g/mol. The van der Waals surface area contributed by atoms with Gasteiger partial charge < -0.3 is 10.5 Å². The molecule has 1 saturated carbocycles. The fourth-order valence-corrected chi connectivity index (χ4v) is 2.05. The van der Waals surface area contributed by atoms with Crippen LogP contribution in [0.3, 0.4) is 0 Å². The van der Waals surface area contributed by atoms with Crippen LogP contribution < -0.4 is 10.5 Å². The predicted molar refractivity (Wildman–Crippen MR) is 61.2 cm³/mol. The molecule has 1 heterocycles. The van der Waals surface area contributed by atoms with Gasteiger partial charge in [-0.25, -0.2) is 4.98 Å². The Morgan fingerprint density at radius 1 is 1.33 bits per heavy atom. The molecule has 2 rings (SSSR count). The summed E-state index contributed by atoms with van der Waals surface area (Å²) in [4.78, 5) is 4.09. The van der Waals surface area contributed by atoms with Gasteiger partial charge in [0.25, 0.3) is 0 Å². The van der Waals surface area contributed by atoms with Crippen LogP contribution in [0.1, 0.15) is 32.1 Å². The normalized spacial score (nSPS) is 17.7. The molecule has 1 aliphatic carbocycles. The van der Waals surface area contributed by atoms with E-state index in [1.165, 1.54) is 19.3 Å². The van der Waals surface area contributed by atoms with Gasteiger partial charge in [-0.3, -0.25) is 0 Å². The fourth-order valence-electron chi connectivity index (χ4n) is 1.88. The lowest BCUT2D eigenvalue weighted by atomic mass is 9.98. The second-order valence-electron chi connectivity index (χ2n) is 3.93. The average molecular weight is 227 g/mol. The molecule has 4 heteroatoms.